The summed E-state index contributed by atoms with van der Waals surface area (Å²) in [6.07, 6.45) is 1.26. The fourth-order valence-corrected chi connectivity index (χ4v) is 1.62. The first kappa shape index (κ1) is 12.0. The summed E-state index contributed by atoms with van der Waals surface area (Å²) in [5.74, 6) is -0.497. The van der Waals surface area contributed by atoms with Crippen LogP contribution in [0.1, 0.15) is 19.8 Å². The van der Waals surface area contributed by atoms with Crippen molar-refractivity contribution in [3.05, 3.63) is 0 Å². The zero-order chi connectivity index (χ0) is 11.4. The van der Waals surface area contributed by atoms with Crippen molar-refractivity contribution in [1.29, 1.82) is 0 Å². The van der Waals surface area contributed by atoms with Crippen LogP contribution < -0.4 is 5.73 Å². The first-order chi connectivity index (χ1) is 7.10. The first-order valence-corrected chi connectivity index (χ1v) is 5.10. The molecule has 0 aromatic rings. The number of esters is 2. The maximum absolute atomic E-state index is 11.3. The lowest BCUT2D eigenvalue weighted by atomic mass is 10.1. The summed E-state index contributed by atoms with van der Waals surface area (Å²) in [5, 5.41) is 0. The number of nitrogens with two attached hydrogens (primary N) is 1. The van der Waals surface area contributed by atoms with E-state index in [-0.39, 0.29) is 17.8 Å². The second kappa shape index (κ2) is 5.11. The number of rotatable bonds is 5. The molecule has 0 heterocycles. The predicted molar refractivity (Wildman–Crippen MR) is 52.8 cm³/mol. The SMILES string of the molecule is CCOC(=O)[C@H]1C[C@@H]1C[C@@H](N)C(=O)OC. The molecule has 0 amide bonds. The maximum atomic E-state index is 11.3. The van der Waals surface area contributed by atoms with Crippen molar-refractivity contribution < 1.29 is 19.1 Å². The minimum absolute atomic E-state index is 0.0688. The lowest BCUT2D eigenvalue weighted by molar-refractivity contribution is -0.146. The Hall–Kier alpha value is -1.10. The number of hydrogen-bond donors (Lipinski definition) is 1. The lowest BCUT2D eigenvalue weighted by Gasteiger charge is -2.08. The summed E-state index contributed by atoms with van der Waals surface area (Å²) in [5.41, 5.74) is 5.58. The zero-order valence-electron chi connectivity index (χ0n) is 9.06. The predicted octanol–water partition coefficient (Wildman–Crippen LogP) is 0.0760. The lowest BCUT2D eigenvalue weighted by Crippen LogP contribution is -2.32. The molecule has 1 aliphatic carbocycles. The van der Waals surface area contributed by atoms with Crippen LogP contribution in [-0.4, -0.2) is 31.7 Å². The minimum atomic E-state index is -0.626. The van der Waals surface area contributed by atoms with Crippen molar-refractivity contribution in [2.24, 2.45) is 17.6 Å². The number of carbonyl (C=O) groups excluding carboxylic acids is 2. The maximum Gasteiger partial charge on any atom is 0.322 e. The van der Waals surface area contributed by atoms with Crippen LogP contribution in [0.4, 0.5) is 0 Å². The second-order valence-electron chi connectivity index (χ2n) is 3.72. The van der Waals surface area contributed by atoms with E-state index in [1.54, 1.807) is 6.92 Å². The molecule has 0 unspecified atom stereocenters. The number of hydrogen-bond acceptors (Lipinski definition) is 5. The molecule has 3 atom stereocenters. The molecule has 5 heteroatoms. The van der Waals surface area contributed by atoms with Gasteiger partial charge in [0.15, 0.2) is 0 Å². The highest BCUT2D eigenvalue weighted by Gasteiger charge is 2.45. The Labute approximate surface area is 88.9 Å². The molecule has 2 N–H and O–H groups in total. The van der Waals surface area contributed by atoms with Crippen molar-refractivity contribution in [1.82, 2.24) is 0 Å². The number of carbonyl (C=O) groups is 2. The van der Waals surface area contributed by atoms with Crippen molar-refractivity contribution in [3.63, 3.8) is 0 Å². The molecule has 1 aliphatic rings. The van der Waals surface area contributed by atoms with Gasteiger partial charge in [0, 0.05) is 0 Å². The quantitative estimate of drug-likeness (QED) is 0.657. The van der Waals surface area contributed by atoms with Crippen molar-refractivity contribution in [3.8, 4) is 0 Å². The monoisotopic (exact) mass is 215 g/mol. The molecule has 0 aromatic carbocycles. The Kier molecular flexibility index (Phi) is 4.08. The molecule has 1 rings (SSSR count). The van der Waals surface area contributed by atoms with Crippen LogP contribution >= 0.6 is 0 Å². The minimum Gasteiger partial charge on any atom is -0.468 e. The van der Waals surface area contributed by atoms with Gasteiger partial charge in [-0.15, -0.1) is 0 Å². The van der Waals surface area contributed by atoms with Crippen LogP contribution in [0.15, 0.2) is 0 Å². The van der Waals surface area contributed by atoms with Gasteiger partial charge in [0.2, 0.25) is 0 Å². The van der Waals surface area contributed by atoms with E-state index < -0.39 is 12.0 Å². The van der Waals surface area contributed by atoms with E-state index in [9.17, 15) is 9.59 Å². The fraction of sp³-hybridized carbons (Fsp3) is 0.800. The van der Waals surface area contributed by atoms with Crippen LogP contribution in [-0.2, 0) is 19.1 Å². The van der Waals surface area contributed by atoms with E-state index in [1.165, 1.54) is 7.11 Å². The third-order valence-electron chi connectivity index (χ3n) is 2.57. The summed E-state index contributed by atoms with van der Waals surface area (Å²) in [7, 11) is 1.30. The van der Waals surface area contributed by atoms with E-state index in [0.717, 1.165) is 6.42 Å². The highest BCUT2D eigenvalue weighted by atomic mass is 16.5. The van der Waals surface area contributed by atoms with Gasteiger partial charge in [-0.05, 0) is 25.7 Å². The van der Waals surface area contributed by atoms with Gasteiger partial charge in [0.05, 0.1) is 19.6 Å². The van der Waals surface area contributed by atoms with Crippen molar-refractivity contribution in [2.75, 3.05) is 13.7 Å². The van der Waals surface area contributed by atoms with Crippen molar-refractivity contribution >= 4 is 11.9 Å². The zero-order valence-corrected chi connectivity index (χ0v) is 9.06. The summed E-state index contributed by atoms with van der Waals surface area (Å²) < 4.78 is 9.37. The highest BCUT2D eigenvalue weighted by Crippen LogP contribution is 2.42. The van der Waals surface area contributed by atoms with Crippen LogP contribution in [0.2, 0.25) is 0 Å². The molecule has 0 aromatic heterocycles. The van der Waals surface area contributed by atoms with Crippen LogP contribution in [0.3, 0.4) is 0 Å². The first-order valence-electron chi connectivity index (χ1n) is 5.10. The topological polar surface area (TPSA) is 78.6 Å². The molecule has 0 aliphatic heterocycles. The molecule has 0 saturated heterocycles. The molecule has 0 spiro atoms. The van der Waals surface area contributed by atoms with Crippen LogP contribution in [0, 0.1) is 11.8 Å². The smallest absolute Gasteiger partial charge is 0.322 e. The average molecular weight is 215 g/mol. The van der Waals surface area contributed by atoms with Gasteiger partial charge < -0.3 is 15.2 Å². The largest absolute Gasteiger partial charge is 0.468 e. The Balaban J connectivity index is 2.27. The third-order valence-corrected chi connectivity index (χ3v) is 2.57. The normalized spacial score (nSPS) is 25.5. The second-order valence-corrected chi connectivity index (χ2v) is 3.72. The van der Waals surface area contributed by atoms with E-state index in [0.29, 0.717) is 13.0 Å². The fourth-order valence-electron chi connectivity index (χ4n) is 1.62. The summed E-state index contributed by atoms with van der Waals surface area (Å²) in [4.78, 5) is 22.3. The Morgan fingerprint density at radius 3 is 2.73 bits per heavy atom. The Bertz CT molecular complexity index is 254. The van der Waals surface area contributed by atoms with Gasteiger partial charge in [-0.1, -0.05) is 0 Å². The molecule has 5 nitrogen and oxygen atoms in total. The Morgan fingerprint density at radius 1 is 1.53 bits per heavy atom. The number of methoxy groups -OCH3 is 1. The van der Waals surface area contributed by atoms with Gasteiger partial charge in [0.1, 0.15) is 6.04 Å². The van der Waals surface area contributed by atoms with Gasteiger partial charge in [-0.3, -0.25) is 9.59 Å². The summed E-state index contributed by atoms with van der Waals surface area (Å²) in [6.45, 7) is 2.17. The van der Waals surface area contributed by atoms with Crippen LogP contribution in [0.25, 0.3) is 0 Å². The van der Waals surface area contributed by atoms with E-state index in [4.69, 9.17) is 10.5 Å². The van der Waals surface area contributed by atoms with Gasteiger partial charge in [-0.25, -0.2) is 0 Å². The molecule has 0 bridgehead atoms. The van der Waals surface area contributed by atoms with Gasteiger partial charge in [0.25, 0.3) is 0 Å². The molecular weight excluding hydrogens is 198 g/mol. The van der Waals surface area contributed by atoms with Gasteiger partial charge >= 0.3 is 11.9 Å². The molecule has 1 fully saturated rings. The number of ether oxygens (including phenoxy) is 2. The molecular formula is C10H17NO4. The van der Waals surface area contributed by atoms with E-state index in [2.05, 4.69) is 4.74 Å². The Morgan fingerprint density at radius 2 is 2.20 bits per heavy atom. The molecule has 15 heavy (non-hydrogen) atoms. The van der Waals surface area contributed by atoms with Gasteiger partial charge in [-0.2, -0.15) is 0 Å². The molecule has 1 saturated carbocycles. The standard InChI is InChI=1S/C10H17NO4/c1-3-15-9(12)7-4-6(7)5-8(11)10(13)14-2/h6-8H,3-5,11H2,1-2H3/t6-,7+,8-/m1/s1. The summed E-state index contributed by atoms with van der Waals surface area (Å²) in [6, 6.07) is -0.626. The molecule has 86 valence electrons. The van der Waals surface area contributed by atoms with Crippen LogP contribution in [0.5, 0.6) is 0 Å². The molecule has 0 radical (unpaired) electrons. The van der Waals surface area contributed by atoms with E-state index in [1.807, 2.05) is 0 Å². The highest BCUT2D eigenvalue weighted by molar-refractivity contribution is 5.77. The summed E-state index contributed by atoms with van der Waals surface area (Å²) >= 11 is 0. The third kappa shape index (κ3) is 3.20. The van der Waals surface area contributed by atoms with Crippen molar-refractivity contribution in [2.45, 2.75) is 25.8 Å². The van der Waals surface area contributed by atoms with E-state index >= 15 is 0 Å². The average Bonchev–Trinajstić information content (AvgIpc) is 2.96.